The van der Waals surface area contributed by atoms with Crippen molar-refractivity contribution in [2.45, 2.75) is 46.8 Å². The summed E-state index contributed by atoms with van der Waals surface area (Å²) in [6.45, 7) is 7.77. The summed E-state index contributed by atoms with van der Waals surface area (Å²) >= 11 is 0. The van der Waals surface area contributed by atoms with Gasteiger partial charge in [0, 0.05) is 19.4 Å². The molecule has 138 valence electrons. The number of amides is 2. The highest BCUT2D eigenvalue weighted by molar-refractivity contribution is 6.32. The SMILES string of the molecule is CCC(=O)N(CC)CC(=O)N[C@@H](Cc1ccc(C)cc1C)OB(O)O. The van der Waals surface area contributed by atoms with E-state index in [9.17, 15) is 9.59 Å². The molecule has 0 heterocycles. The van der Waals surface area contributed by atoms with Gasteiger partial charge in [-0.3, -0.25) is 9.59 Å². The van der Waals surface area contributed by atoms with Crippen LogP contribution in [-0.4, -0.2) is 53.4 Å². The summed E-state index contributed by atoms with van der Waals surface area (Å²) in [6, 6.07) is 5.85. The van der Waals surface area contributed by atoms with Gasteiger partial charge in [0.25, 0.3) is 0 Å². The van der Waals surface area contributed by atoms with Crippen LogP contribution in [0.2, 0.25) is 0 Å². The number of hydrogen-bond acceptors (Lipinski definition) is 5. The zero-order chi connectivity index (χ0) is 19.0. The predicted octanol–water partition coefficient (Wildman–Crippen LogP) is 0.533. The minimum atomic E-state index is -2.00. The standard InChI is InChI=1S/C17H27BN2O5/c1-5-17(22)20(6-2)11-15(21)19-16(25-18(23)24)10-14-8-7-12(3)9-13(14)4/h7-9,16,23-24H,5-6,10-11H2,1-4H3,(H,19,21)/t16-/m1/s1. The van der Waals surface area contributed by atoms with Crippen molar-refractivity contribution in [2.24, 2.45) is 0 Å². The van der Waals surface area contributed by atoms with Crippen LogP contribution < -0.4 is 5.32 Å². The average Bonchev–Trinajstić information content (AvgIpc) is 2.53. The molecule has 25 heavy (non-hydrogen) atoms. The van der Waals surface area contributed by atoms with Gasteiger partial charge in [-0.05, 0) is 31.9 Å². The molecular formula is C17H27BN2O5. The lowest BCUT2D eigenvalue weighted by molar-refractivity contribution is -0.136. The first-order chi connectivity index (χ1) is 11.8. The largest absolute Gasteiger partial charge is 0.635 e. The van der Waals surface area contributed by atoms with Crippen molar-refractivity contribution in [1.82, 2.24) is 10.2 Å². The second-order valence-electron chi connectivity index (χ2n) is 5.91. The molecule has 0 unspecified atom stereocenters. The van der Waals surface area contributed by atoms with E-state index >= 15 is 0 Å². The molecule has 7 nitrogen and oxygen atoms in total. The molecule has 0 bridgehead atoms. The predicted molar refractivity (Wildman–Crippen MR) is 95.4 cm³/mol. The van der Waals surface area contributed by atoms with Gasteiger partial charge in [-0.15, -0.1) is 0 Å². The smallest absolute Gasteiger partial charge is 0.402 e. The Bertz CT molecular complexity index is 594. The van der Waals surface area contributed by atoms with Crippen LogP contribution >= 0.6 is 0 Å². The molecule has 0 aliphatic rings. The van der Waals surface area contributed by atoms with Crippen molar-refractivity contribution in [2.75, 3.05) is 13.1 Å². The zero-order valence-electron chi connectivity index (χ0n) is 15.3. The summed E-state index contributed by atoms with van der Waals surface area (Å²) in [5.41, 5.74) is 3.06. The van der Waals surface area contributed by atoms with E-state index in [1.807, 2.05) is 32.0 Å². The van der Waals surface area contributed by atoms with Crippen LogP contribution in [-0.2, 0) is 20.7 Å². The Balaban J connectivity index is 2.78. The zero-order valence-corrected chi connectivity index (χ0v) is 15.3. The van der Waals surface area contributed by atoms with E-state index in [0.717, 1.165) is 16.7 Å². The van der Waals surface area contributed by atoms with Crippen molar-refractivity contribution >= 4 is 19.1 Å². The molecule has 1 atom stereocenters. The van der Waals surface area contributed by atoms with Gasteiger partial charge in [0.05, 0.1) is 6.54 Å². The Labute approximate surface area is 149 Å². The Morgan fingerprint density at radius 1 is 1.28 bits per heavy atom. The van der Waals surface area contributed by atoms with Crippen molar-refractivity contribution in [3.05, 3.63) is 34.9 Å². The van der Waals surface area contributed by atoms with Gasteiger partial charge >= 0.3 is 7.32 Å². The van der Waals surface area contributed by atoms with E-state index in [4.69, 9.17) is 14.7 Å². The molecule has 1 aromatic rings. The average molecular weight is 350 g/mol. The highest BCUT2D eigenvalue weighted by Gasteiger charge is 2.22. The maximum Gasteiger partial charge on any atom is 0.635 e. The Morgan fingerprint density at radius 2 is 1.96 bits per heavy atom. The van der Waals surface area contributed by atoms with Gasteiger partial charge in [0.2, 0.25) is 11.8 Å². The molecule has 0 fully saturated rings. The summed E-state index contributed by atoms with van der Waals surface area (Å²) in [5, 5.41) is 20.8. The number of nitrogens with zero attached hydrogens (tertiary/aromatic N) is 1. The summed E-state index contributed by atoms with van der Waals surface area (Å²) in [7, 11) is -2.00. The lowest BCUT2D eigenvalue weighted by Crippen LogP contribution is -2.47. The van der Waals surface area contributed by atoms with E-state index in [2.05, 4.69) is 5.32 Å². The Hall–Kier alpha value is -1.90. The number of benzene rings is 1. The first-order valence-electron chi connectivity index (χ1n) is 8.41. The number of aryl methyl sites for hydroxylation is 2. The van der Waals surface area contributed by atoms with E-state index < -0.39 is 19.5 Å². The molecule has 0 saturated heterocycles. The molecule has 8 heteroatoms. The number of hydrogen-bond donors (Lipinski definition) is 3. The van der Waals surface area contributed by atoms with Crippen LogP contribution in [0, 0.1) is 13.8 Å². The summed E-state index contributed by atoms with van der Waals surface area (Å²) in [6.07, 6.45) is -0.313. The maximum absolute atomic E-state index is 12.2. The molecular weight excluding hydrogens is 323 g/mol. The molecule has 1 rings (SSSR count). The first kappa shape index (κ1) is 21.1. The fraction of sp³-hybridized carbons (Fsp3) is 0.529. The summed E-state index contributed by atoms with van der Waals surface area (Å²) in [5.74, 6) is -0.536. The molecule has 0 aliphatic carbocycles. The maximum atomic E-state index is 12.2. The van der Waals surface area contributed by atoms with Gasteiger partial charge in [0.15, 0.2) is 0 Å². The second kappa shape index (κ2) is 10.2. The van der Waals surface area contributed by atoms with E-state index in [1.165, 1.54) is 4.90 Å². The van der Waals surface area contributed by atoms with Crippen LogP contribution in [0.1, 0.15) is 37.0 Å². The lowest BCUT2D eigenvalue weighted by atomic mass is 10.0. The number of rotatable bonds is 9. The number of carbonyl (C=O) groups is 2. The third-order valence-corrected chi connectivity index (χ3v) is 3.88. The van der Waals surface area contributed by atoms with Gasteiger partial charge in [-0.1, -0.05) is 30.7 Å². The number of likely N-dealkylation sites (N-methyl/N-ethyl adjacent to an activating group) is 1. The molecule has 0 spiro atoms. The lowest BCUT2D eigenvalue weighted by Gasteiger charge is -2.24. The second-order valence-corrected chi connectivity index (χ2v) is 5.91. The molecule has 0 saturated carbocycles. The fourth-order valence-corrected chi connectivity index (χ4v) is 2.55. The molecule has 3 N–H and O–H groups in total. The highest BCUT2D eigenvalue weighted by atomic mass is 16.6. The molecule has 1 aromatic carbocycles. The van der Waals surface area contributed by atoms with Gasteiger partial charge in [-0.25, -0.2) is 0 Å². The topological polar surface area (TPSA) is 99.1 Å². The van der Waals surface area contributed by atoms with Crippen LogP contribution in [0.5, 0.6) is 0 Å². The first-order valence-corrected chi connectivity index (χ1v) is 8.41. The van der Waals surface area contributed by atoms with Crippen molar-refractivity contribution in [3.8, 4) is 0 Å². The van der Waals surface area contributed by atoms with Crippen LogP contribution in [0.15, 0.2) is 18.2 Å². The molecule has 2 amide bonds. The third-order valence-electron chi connectivity index (χ3n) is 3.88. The molecule has 0 aromatic heterocycles. The van der Waals surface area contributed by atoms with E-state index in [1.54, 1.807) is 13.8 Å². The van der Waals surface area contributed by atoms with Gasteiger partial charge < -0.3 is 24.9 Å². The van der Waals surface area contributed by atoms with E-state index in [-0.39, 0.29) is 18.9 Å². The van der Waals surface area contributed by atoms with Crippen molar-refractivity contribution < 1.29 is 24.3 Å². The van der Waals surface area contributed by atoms with Gasteiger partial charge in [-0.2, -0.15) is 0 Å². The quantitative estimate of drug-likeness (QED) is 0.446. The minimum Gasteiger partial charge on any atom is -0.402 e. The third kappa shape index (κ3) is 7.25. The minimum absolute atomic E-state index is 0.0998. The number of nitrogens with one attached hydrogen (secondary N) is 1. The van der Waals surface area contributed by atoms with Crippen molar-refractivity contribution in [3.63, 3.8) is 0 Å². The highest BCUT2D eigenvalue weighted by Crippen LogP contribution is 2.13. The Morgan fingerprint density at radius 3 is 2.48 bits per heavy atom. The normalized spacial score (nSPS) is 11.8. The van der Waals surface area contributed by atoms with Gasteiger partial charge in [0.1, 0.15) is 6.23 Å². The molecule has 0 radical (unpaired) electrons. The van der Waals surface area contributed by atoms with E-state index in [0.29, 0.717) is 13.0 Å². The van der Waals surface area contributed by atoms with Crippen LogP contribution in [0.4, 0.5) is 0 Å². The molecule has 0 aliphatic heterocycles. The van der Waals surface area contributed by atoms with Crippen LogP contribution in [0.25, 0.3) is 0 Å². The summed E-state index contributed by atoms with van der Waals surface area (Å²) in [4.78, 5) is 25.4. The monoisotopic (exact) mass is 350 g/mol. The number of carbonyl (C=O) groups excluding carboxylic acids is 2. The Kier molecular flexibility index (Phi) is 8.61. The summed E-state index contributed by atoms with van der Waals surface area (Å²) < 4.78 is 4.99. The van der Waals surface area contributed by atoms with Crippen molar-refractivity contribution in [1.29, 1.82) is 0 Å². The van der Waals surface area contributed by atoms with Crippen LogP contribution in [0.3, 0.4) is 0 Å². The fourth-order valence-electron chi connectivity index (χ4n) is 2.55.